The number of carbonyl (C=O) groups is 1. The van der Waals surface area contributed by atoms with Crippen molar-refractivity contribution >= 4 is 17.2 Å². The van der Waals surface area contributed by atoms with Crippen molar-refractivity contribution in [2.75, 3.05) is 20.3 Å². The largest absolute Gasteiger partial charge is 0.435 e. The molecule has 142 valence electrons. The predicted octanol–water partition coefficient (Wildman–Crippen LogP) is 4.00. The smallest absolute Gasteiger partial charge is 0.383 e. The van der Waals surface area contributed by atoms with Crippen LogP contribution in [0.5, 0.6) is 0 Å². The minimum atomic E-state index is -4.54. The molecular weight excluding hydrogens is 379 g/mol. The first-order valence-electron chi connectivity index (χ1n) is 7.99. The van der Waals surface area contributed by atoms with E-state index in [4.69, 9.17) is 4.74 Å². The molecule has 0 atom stereocenters. The monoisotopic (exact) mass is 395 g/mol. The van der Waals surface area contributed by atoms with E-state index in [0.717, 1.165) is 6.07 Å². The minimum absolute atomic E-state index is 0.284. The molecule has 0 radical (unpaired) electrons. The number of hydrogen-bond donors (Lipinski definition) is 1. The second kappa shape index (κ2) is 7.93. The van der Waals surface area contributed by atoms with Crippen LogP contribution in [0.2, 0.25) is 0 Å². The van der Waals surface area contributed by atoms with E-state index in [1.807, 2.05) is 0 Å². The molecule has 5 nitrogen and oxygen atoms in total. The number of carbonyl (C=O) groups excluding carboxylic acids is 1. The van der Waals surface area contributed by atoms with E-state index in [9.17, 15) is 18.0 Å². The van der Waals surface area contributed by atoms with Crippen LogP contribution in [0.25, 0.3) is 16.3 Å². The average Bonchev–Trinajstić information content (AvgIpc) is 3.31. The van der Waals surface area contributed by atoms with Gasteiger partial charge in [0, 0.05) is 19.2 Å². The molecule has 27 heavy (non-hydrogen) atoms. The third-order valence-corrected chi connectivity index (χ3v) is 4.63. The van der Waals surface area contributed by atoms with Gasteiger partial charge in [0.25, 0.3) is 5.91 Å². The van der Waals surface area contributed by atoms with Gasteiger partial charge in [-0.2, -0.15) is 18.3 Å². The number of amides is 1. The molecular formula is C18H16F3N3O2S. The molecule has 0 saturated carbocycles. The highest BCUT2D eigenvalue weighted by atomic mass is 32.1. The number of nitrogens with zero attached hydrogens (tertiary/aromatic N) is 2. The Labute approximate surface area is 157 Å². The lowest BCUT2D eigenvalue weighted by molar-refractivity contribution is -0.141. The van der Waals surface area contributed by atoms with Gasteiger partial charge in [-0.15, -0.1) is 11.3 Å². The molecule has 1 N–H and O–H groups in total. The number of thiophene rings is 1. The van der Waals surface area contributed by atoms with Crippen molar-refractivity contribution in [2.24, 2.45) is 0 Å². The maximum atomic E-state index is 13.1. The fourth-order valence-corrected chi connectivity index (χ4v) is 3.17. The van der Waals surface area contributed by atoms with E-state index in [-0.39, 0.29) is 5.91 Å². The van der Waals surface area contributed by atoms with Crippen molar-refractivity contribution in [3.05, 3.63) is 59.1 Å². The lowest BCUT2D eigenvalue weighted by Gasteiger charge is -2.08. The van der Waals surface area contributed by atoms with Crippen LogP contribution in [0.1, 0.15) is 16.1 Å². The first-order valence-corrected chi connectivity index (χ1v) is 8.87. The van der Waals surface area contributed by atoms with Gasteiger partial charge in [0.15, 0.2) is 5.69 Å². The van der Waals surface area contributed by atoms with Crippen molar-refractivity contribution in [1.29, 1.82) is 0 Å². The van der Waals surface area contributed by atoms with Gasteiger partial charge in [-0.1, -0.05) is 6.07 Å². The zero-order chi connectivity index (χ0) is 19.4. The molecule has 0 fully saturated rings. The second-order valence-corrected chi connectivity index (χ2v) is 6.54. The summed E-state index contributed by atoms with van der Waals surface area (Å²) in [7, 11) is 1.53. The van der Waals surface area contributed by atoms with Gasteiger partial charge < -0.3 is 10.1 Å². The number of benzene rings is 1. The lowest BCUT2D eigenvalue weighted by atomic mass is 10.2. The van der Waals surface area contributed by atoms with Crippen LogP contribution < -0.4 is 5.32 Å². The average molecular weight is 395 g/mol. The fraction of sp³-hybridized carbons (Fsp3) is 0.222. The first kappa shape index (κ1) is 19.1. The van der Waals surface area contributed by atoms with Crippen LogP contribution in [-0.2, 0) is 10.9 Å². The SMILES string of the molecule is COCCNC(=O)c1ccc(-n2nc(C(F)(F)F)cc2-c2cccs2)cc1. The van der Waals surface area contributed by atoms with Crippen LogP contribution >= 0.6 is 11.3 Å². The molecule has 3 aromatic rings. The van der Waals surface area contributed by atoms with Gasteiger partial charge in [-0.05, 0) is 41.8 Å². The number of nitrogens with one attached hydrogen (secondary N) is 1. The molecule has 0 saturated heterocycles. The lowest BCUT2D eigenvalue weighted by Crippen LogP contribution is -2.26. The summed E-state index contributed by atoms with van der Waals surface area (Å²) in [5.74, 6) is -0.284. The van der Waals surface area contributed by atoms with Crippen molar-refractivity contribution in [2.45, 2.75) is 6.18 Å². The van der Waals surface area contributed by atoms with Crippen LogP contribution in [0, 0.1) is 0 Å². The molecule has 1 aromatic carbocycles. The molecule has 9 heteroatoms. The van der Waals surface area contributed by atoms with Crippen molar-refractivity contribution in [3.8, 4) is 16.3 Å². The zero-order valence-corrected chi connectivity index (χ0v) is 15.1. The highest BCUT2D eigenvalue weighted by Crippen LogP contribution is 2.34. The van der Waals surface area contributed by atoms with Crippen LogP contribution in [-0.4, -0.2) is 35.9 Å². The summed E-state index contributed by atoms with van der Waals surface area (Å²) in [6.45, 7) is 0.759. The second-order valence-electron chi connectivity index (χ2n) is 5.60. The standard InChI is InChI=1S/C18H16F3N3O2S/c1-26-9-8-22-17(25)12-4-6-13(7-5-12)24-14(15-3-2-10-27-15)11-16(23-24)18(19,20)21/h2-7,10-11H,8-9H2,1H3,(H,22,25). The summed E-state index contributed by atoms with van der Waals surface area (Å²) in [6, 6.07) is 10.7. The first-order chi connectivity index (χ1) is 12.9. The number of hydrogen-bond acceptors (Lipinski definition) is 4. The molecule has 1 amide bonds. The molecule has 0 spiro atoms. The number of halogens is 3. The zero-order valence-electron chi connectivity index (χ0n) is 14.3. The third-order valence-electron chi connectivity index (χ3n) is 3.74. The number of methoxy groups -OCH3 is 1. The molecule has 0 unspecified atom stereocenters. The summed E-state index contributed by atoms with van der Waals surface area (Å²) in [4.78, 5) is 12.7. The molecule has 2 heterocycles. The highest BCUT2D eigenvalue weighted by Gasteiger charge is 2.35. The Bertz CT molecular complexity index is 903. The number of alkyl halides is 3. The summed E-state index contributed by atoms with van der Waals surface area (Å²) in [5, 5.41) is 8.19. The van der Waals surface area contributed by atoms with Crippen LogP contribution in [0.3, 0.4) is 0 Å². The van der Waals surface area contributed by atoms with E-state index in [1.165, 1.54) is 23.1 Å². The molecule has 0 aliphatic rings. The Hall–Kier alpha value is -2.65. The maximum absolute atomic E-state index is 13.1. The summed E-state index contributed by atoms with van der Waals surface area (Å²) < 4.78 is 45.5. The maximum Gasteiger partial charge on any atom is 0.435 e. The predicted molar refractivity (Wildman–Crippen MR) is 96.1 cm³/mol. The Morgan fingerprint density at radius 1 is 1.26 bits per heavy atom. The highest BCUT2D eigenvalue weighted by molar-refractivity contribution is 7.13. The van der Waals surface area contributed by atoms with E-state index in [0.29, 0.717) is 35.0 Å². The molecule has 3 rings (SSSR count). The molecule has 0 aliphatic carbocycles. The number of ether oxygens (including phenoxy) is 1. The van der Waals surface area contributed by atoms with E-state index in [2.05, 4.69) is 10.4 Å². The fourth-order valence-electron chi connectivity index (χ4n) is 2.44. The Balaban J connectivity index is 1.92. The van der Waals surface area contributed by atoms with Crippen LogP contribution in [0.15, 0.2) is 47.8 Å². The summed E-state index contributed by atoms with van der Waals surface area (Å²) in [5.41, 5.74) is 0.208. The van der Waals surface area contributed by atoms with E-state index < -0.39 is 11.9 Å². The van der Waals surface area contributed by atoms with Gasteiger partial charge in [0.05, 0.1) is 22.9 Å². The summed E-state index contributed by atoms with van der Waals surface area (Å²) >= 11 is 1.32. The number of aromatic nitrogens is 2. The van der Waals surface area contributed by atoms with Gasteiger partial charge in [0.2, 0.25) is 0 Å². The quantitative estimate of drug-likeness (QED) is 0.642. The normalized spacial score (nSPS) is 11.6. The van der Waals surface area contributed by atoms with Crippen LogP contribution in [0.4, 0.5) is 13.2 Å². The Morgan fingerprint density at radius 3 is 2.59 bits per heavy atom. The van der Waals surface area contributed by atoms with Gasteiger partial charge in [-0.3, -0.25) is 4.79 Å². The Kier molecular flexibility index (Phi) is 5.62. The van der Waals surface area contributed by atoms with Gasteiger partial charge >= 0.3 is 6.18 Å². The third kappa shape index (κ3) is 4.37. The number of rotatable bonds is 6. The Morgan fingerprint density at radius 2 is 2.00 bits per heavy atom. The molecule has 0 aliphatic heterocycles. The van der Waals surface area contributed by atoms with Gasteiger partial charge in [0.1, 0.15) is 0 Å². The van der Waals surface area contributed by atoms with Crippen molar-refractivity contribution in [3.63, 3.8) is 0 Å². The summed E-state index contributed by atoms with van der Waals surface area (Å²) in [6.07, 6.45) is -4.54. The molecule has 0 bridgehead atoms. The van der Waals surface area contributed by atoms with Crippen molar-refractivity contribution < 1.29 is 22.7 Å². The topological polar surface area (TPSA) is 56.1 Å². The molecule has 2 aromatic heterocycles. The minimum Gasteiger partial charge on any atom is -0.383 e. The van der Waals surface area contributed by atoms with Gasteiger partial charge in [-0.25, -0.2) is 4.68 Å². The van der Waals surface area contributed by atoms with Crippen molar-refractivity contribution in [1.82, 2.24) is 15.1 Å². The van der Waals surface area contributed by atoms with E-state index >= 15 is 0 Å². The van der Waals surface area contributed by atoms with E-state index in [1.54, 1.807) is 41.8 Å².